The number of nitrogens with zero attached hydrogens (tertiary/aromatic N) is 5. The molecule has 2 saturated heterocycles. The zero-order valence-corrected chi connectivity index (χ0v) is 16.5. The maximum absolute atomic E-state index is 4.68. The van der Waals surface area contributed by atoms with E-state index in [-0.39, 0.29) is 0 Å². The van der Waals surface area contributed by atoms with Crippen LogP contribution in [0.5, 0.6) is 0 Å². The van der Waals surface area contributed by atoms with E-state index >= 15 is 0 Å². The van der Waals surface area contributed by atoms with Gasteiger partial charge in [-0.3, -0.25) is 4.90 Å². The summed E-state index contributed by atoms with van der Waals surface area (Å²) in [6.45, 7) is 6.89. The van der Waals surface area contributed by atoms with Crippen LogP contribution in [0.4, 0.5) is 5.82 Å². The third-order valence-corrected chi connectivity index (χ3v) is 6.98. The van der Waals surface area contributed by atoms with Crippen molar-refractivity contribution in [2.45, 2.75) is 12.5 Å². The molecule has 0 saturated carbocycles. The minimum atomic E-state index is 0.649. The second-order valence-electron chi connectivity index (χ2n) is 7.62. The second-order valence-corrected chi connectivity index (χ2v) is 8.65. The highest BCUT2D eigenvalue weighted by Gasteiger charge is 2.31. The summed E-state index contributed by atoms with van der Waals surface area (Å²) in [6, 6.07) is 13.5. The standard InChI is InChI=1S/C21H25N5S/c1-24-9-11-25(12-10-24)17-7-8-26(14-17)20-18-13-19(16-5-3-2-4-6-16)27-21(18)23-15-22-20/h2-6,13,15,17H,7-12,14H2,1H3. The summed E-state index contributed by atoms with van der Waals surface area (Å²) in [7, 11) is 2.22. The summed E-state index contributed by atoms with van der Waals surface area (Å²) in [5.74, 6) is 1.11. The SMILES string of the molecule is CN1CCN(C2CCN(c3ncnc4sc(-c5ccccc5)cc34)C2)CC1. The Kier molecular flexibility index (Phi) is 4.55. The van der Waals surface area contributed by atoms with Gasteiger partial charge in [0.15, 0.2) is 0 Å². The molecular formula is C21H25N5S. The van der Waals surface area contributed by atoms with Crippen molar-refractivity contribution < 1.29 is 0 Å². The number of thiophene rings is 1. The Hall–Kier alpha value is -2.02. The van der Waals surface area contributed by atoms with Gasteiger partial charge in [0.1, 0.15) is 17.0 Å². The third-order valence-electron chi connectivity index (χ3n) is 5.88. The van der Waals surface area contributed by atoms with Crippen LogP contribution < -0.4 is 4.90 Å². The number of piperazine rings is 1. The summed E-state index contributed by atoms with van der Waals surface area (Å²) in [5, 5.41) is 1.19. The first-order valence-corrected chi connectivity index (χ1v) is 10.6. The molecule has 5 rings (SSSR count). The molecule has 0 aliphatic carbocycles. The molecule has 6 heteroatoms. The van der Waals surface area contributed by atoms with Crippen LogP contribution >= 0.6 is 11.3 Å². The van der Waals surface area contributed by atoms with E-state index in [1.807, 2.05) is 0 Å². The largest absolute Gasteiger partial charge is 0.354 e. The average molecular weight is 380 g/mol. The highest BCUT2D eigenvalue weighted by molar-refractivity contribution is 7.21. The highest BCUT2D eigenvalue weighted by atomic mass is 32.1. The molecule has 3 aromatic rings. The van der Waals surface area contributed by atoms with E-state index in [9.17, 15) is 0 Å². The van der Waals surface area contributed by atoms with Gasteiger partial charge in [-0.2, -0.15) is 0 Å². The van der Waals surface area contributed by atoms with Crippen molar-refractivity contribution in [1.82, 2.24) is 19.8 Å². The fourth-order valence-corrected chi connectivity index (χ4v) is 5.26. The van der Waals surface area contributed by atoms with Crippen LogP contribution in [0.3, 0.4) is 0 Å². The van der Waals surface area contributed by atoms with Gasteiger partial charge >= 0.3 is 0 Å². The van der Waals surface area contributed by atoms with E-state index in [0.717, 1.165) is 23.7 Å². The van der Waals surface area contributed by atoms with Crippen LogP contribution in [0.15, 0.2) is 42.7 Å². The lowest BCUT2D eigenvalue weighted by Crippen LogP contribution is -2.49. The van der Waals surface area contributed by atoms with Crippen molar-refractivity contribution in [3.05, 3.63) is 42.7 Å². The Labute approximate surface area is 164 Å². The Morgan fingerprint density at radius 1 is 1.00 bits per heavy atom. The number of rotatable bonds is 3. The summed E-state index contributed by atoms with van der Waals surface area (Å²) in [5.41, 5.74) is 1.25. The fraction of sp³-hybridized carbons (Fsp3) is 0.429. The number of likely N-dealkylation sites (N-methyl/N-ethyl adjacent to an activating group) is 1. The van der Waals surface area contributed by atoms with Crippen molar-refractivity contribution >= 4 is 27.4 Å². The predicted octanol–water partition coefficient (Wildman–Crippen LogP) is 3.18. The zero-order valence-electron chi connectivity index (χ0n) is 15.7. The first-order valence-electron chi connectivity index (χ1n) is 9.75. The second kappa shape index (κ2) is 7.19. The Balaban J connectivity index is 1.40. The molecule has 0 amide bonds. The van der Waals surface area contributed by atoms with Crippen LogP contribution in [0.25, 0.3) is 20.7 Å². The first kappa shape index (κ1) is 17.1. The molecule has 1 atom stereocenters. The number of benzene rings is 1. The molecule has 1 unspecified atom stereocenters. The molecule has 0 radical (unpaired) electrons. The molecule has 0 N–H and O–H groups in total. The van der Waals surface area contributed by atoms with E-state index in [2.05, 4.69) is 68.1 Å². The van der Waals surface area contributed by atoms with Crippen molar-refractivity contribution in [1.29, 1.82) is 0 Å². The maximum atomic E-state index is 4.68. The van der Waals surface area contributed by atoms with Gasteiger partial charge in [-0.25, -0.2) is 9.97 Å². The van der Waals surface area contributed by atoms with E-state index in [4.69, 9.17) is 0 Å². The van der Waals surface area contributed by atoms with Crippen molar-refractivity contribution in [3.8, 4) is 10.4 Å². The number of fused-ring (bicyclic) bond motifs is 1. The lowest BCUT2D eigenvalue weighted by atomic mass is 10.2. The van der Waals surface area contributed by atoms with Gasteiger partial charge in [0.05, 0.1) is 5.39 Å². The number of hydrogen-bond acceptors (Lipinski definition) is 6. The van der Waals surface area contributed by atoms with E-state index in [1.165, 1.54) is 48.4 Å². The lowest BCUT2D eigenvalue weighted by molar-refractivity contribution is 0.120. The summed E-state index contributed by atoms with van der Waals surface area (Å²) in [4.78, 5) is 19.1. The van der Waals surface area contributed by atoms with Crippen LogP contribution in [-0.2, 0) is 0 Å². The highest BCUT2D eigenvalue weighted by Crippen LogP contribution is 2.37. The molecule has 140 valence electrons. The molecule has 2 fully saturated rings. The molecule has 2 aliphatic heterocycles. The normalized spacial score (nSPS) is 22.0. The van der Waals surface area contributed by atoms with Crippen LogP contribution in [0, 0.1) is 0 Å². The van der Waals surface area contributed by atoms with E-state index in [0.29, 0.717) is 6.04 Å². The van der Waals surface area contributed by atoms with Crippen LogP contribution in [-0.4, -0.2) is 72.1 Å². The Morgan fingerprint density at radius 3 is 2.63 bits per heavy atom. The monoisotopic (exact) mass is 379 g/mol. The van der Waals surface area contributed by atoms with E-state index < -0.39 is 0 Å². The van der Waals surface area contributed by atoms with Gasteiger partial charge in [0.25, 0.3) is 0 Å². The molecule has 0 spiro atoms. The van der Waals surface area contributed by atoms with Crippen LogP contribution in [0.2, 0.25) is 0 Å². The minimum absolute atomic E-state index is 0.649. The van der Waals surface area contributed by atoms with Crippen LogP contribution in [0.1, 0.15) is 6.42 Å². The third kappa shape index (κ3) is 3.33. The van der Waals surface area contributed by atoms with Gasteiger partial charge in [-0.05, 0) is 25.1 Å². The molecule has 0 bridgehead atoms. The van der Waals surface area contributed by atoms with Gasteiger partial charge in [-0.15, -0.1) is 11.3 Å². The zero-order chi connectivity index (χ0) is 18.2. The molecule has 2 aliphatic rings. The first-order chi connectivity index (χ1) is 13.3. The topological polar surface area (TPSA) is 35.5 Å². The van der Waals surface area contributed by atoms with Crippen molar-refractivity contribution in [2.75, 3.05) is 51.2 Å². The van der Waals surface area contributed by atoms with Crippen molar-refractivity contribution in [3.63, 3.8) is 0 Å². The Bertz CT molecular complexity index is 917. The van der Waals surface area contributed by atoms with E-state index in [1.54, 1.807) is 17.7 Å². The van der Waals surface area contributed by atoms with Gasteiger partial charge in [0.2, 0.25) is 0 Å². The molecule has 1 aromatic carbocycles. The molecule has 4 heterocycles. The van der Waals surface area contributed by atoms with Gasteiger partial charge < -0.3 is 9.80 Å². The van der Waals surface area contributed by atoms with Gasteiger partial charge in [0, 0.05) is 50.2 Å². The minimum Gasteiger partial charge on any atom is -0.354 e. The fourth-order valence-electron chi connectivity index (χ4n) is 4.26. The summed E-state index contributed by atoms with van der Waals surface area (Å²) in [6.07, 6.45) is 2.96. The Morgan fingerprint density at radius 2 is 1.81 bits per heavy atom. The summed E-state index contributed by atoms with van der Waals surface area (Å²) < 4.78 is 0. The average Bonchev–Trinajstić information content (AvgIpc) is 3.36. The summed E-state index contributed by atoms with van der Waals surface area (Å²) >= 11 is 1.76. The number of aromatic nitrogens is 2. The molecule has 27 heavy (non-hydrogen) atoms. The van der Waals surface area contributed by atoms with Gasteiger partial charge in [-0.1, -0.05) is 30.3 Å². The quantitative estimate of drug-likeness (QED) is 0.698. The molecule has 2 aromatic heterocycles. The number of hydrogen-bond donors (Lipinski definition) is 0. The molecular weight excluding hydrogens is 354 g/mol. The lowest BCUT2D eigenvalue weighted by Gasteiger charge is -2.36. The predicted molar refractivity (Wildman–Crippen MR) is 113 cm³/mol. The number of anilines is 1. The van der Waals surface area contributed by atoms with Crippen molar-refractivity contribution in [2.24, 2.45) is 0 Å². The molecule has 5 nitrogen and oxygen atoms in total. The smallest absolute Gasteiger partial charge is 0.140 e. The maximum Gasteiger partial charge on any atom is 0.140 e.